The van der Waals surface area contributed by atoms with E-state index in [9.17, 15) is 25.2 Å². The van der Waals surface area contributed by atoms with Gasteiger partial charge in [-0.25, -0.2) is 4.79 Å². The number of carbonyl (C=O) groups is 1. The Morgan fingerprint density at radius 2 is 1.82 bits per heavy atom. The minimum absolute atomic E-state index is 0.00183. The van der Waals surface area contributed by atoms with Gasteiger partial charge in [0.05, 0.1) is 18.8 Å². The van der Waals surface area contributed by atoms with Crippen LogP contribution in [0.3, 0.4) is 0 Å². The van der Waals surface area contributed by atoms with E-state index in [-0.39, 0.29) is 51.5 Å². The molecule has 8 heteroatoms. The number of hydrogen-bond acceptors (Lipinski definition) is 8. The van der Waals surface area contributed by atoms with Crippen molar-refractivity contribution < 1.29 is 39.4 Å². The lowest BCUT2D eigenvalue weighted by Crippen LogP contribution is -2.65. The Labute approximate surface area is 264 Å². The molecule has 1 heterocycles. The number of methoxy groups -OCH3 is 1. The summed E-state index contributed by atoms with van der Waals surface area (Å²) in [5.74, 6) is 0.440. The third-order valence-corrected chi connectivity index (χ3v) is 13.6. The molecule has 1 aliphatic heterocycles. The van der Waals surface area contributed by atoms with Crippen LogP contribution < -0.4 is 0 Å². The number of ether oxygens (including phenoxy) is 3. The first-order chi connectivity index (χ1) is 20.4. The van der Waals surface area contributed by atoms with Gasteiger partial charge in [-0.3, -0.25) is 0 Å². The monoisotopic (exact) mass is 618 g/mol. The number of aliphatic hydroxyl groups is 4. The van der Waals surface area contributed by atoms with Crippen molar-refractivity contribution in [3.63, 3.8) is 0 Å². The van der Waals surface area contributed by atoms with E-state index in [4.69, 9.17) is 14.2 Å². The number of hydrogen-bond donors (Lipinski definition) is 4. The van der Waals surface area contributed by atoms with Crippen LogP contribution in [0.4, 0.5) is 0 Å². The zero-order chi connectivity index (χ0) is 32.6. The first-order valence-corrected chi connectivity index (χ1v) is 16.8. The molecule has 3 saturated carbocycles. The summed E-state index contributed by atoms with van der Waals surface area (Å²) in [4.78, 5) is 12.6. The van der Waals surface area contributed by atoms with Gasteiger partial charge in [-0.05, 0) is 94.3 Å². The van der Waals surface area contributed by atoms with E-state index in [0.29, 0.717) is 18.8 Å². The van der Waals surface area contributed by atoms with Crippen LogP contribution in [0.25, 0.3) is 0 Å². The van der Waals surface area contributed by atoms with Gasteiger partial charge in [-0.2, -0.15) is 0 Å². The lowest BCUT2D eigenvalue weighted by Gasteiger charge is -2.68. The maximum absolute atomic E-state index is 12.6. The maximum atomic E-state index is 12.6. The van der Waals surface area contributed by atoms with E-state index in [1.807, 2.05) is 13.8 Å². The van der Waals surface area contributed by atoms with Crippen molar-refractivity contribution in [1.29, 1.82) is 0 Å². The largest absolute Gasteiger partial charge is 0.459 e. The standard InChI is InChI=1S/C36H58O8/c1-20(2)16-29(39)44-28-13-15-34(6)25-12-14-33(5)22(21-17-23(43-31(21)42-9)30(40)35(7,41)19-37)10-11-24(33)36(25,8)27(38)18-26(34)32(28,3)4/h11,16,21-23,25-28,30-31,37-38,40-41H,10,12-15,17-19H2,1-9H3/t21-,22-,23+,25+,26-,27+,28-,30?,31+,33-,34+,35?,36-/m0/s1. The molecule has 4 fully saturated rings. The molecule has 8 nitrogen and oxygen atoms in total. The normalized spacial score (nSPS) is 46.5. The topological polar surface area (TPSA) is 126 Å². The maximum Gasteiger partial charge on any atom is 0.330 e. The second-order valence-electron chi connectivity index (χ2n) is 16.7. The van der Waals surface area contributed by atoms with Crippen LogP contribution in [-0.4, -0.2) is 76.4 Å². The van der Waals surface area contributed by atoms with Crippen LogP contribution in [0.2, 0.25) is 0 Å². The first-order valence-electron chi connectivity index (χ1n) is 16.8. The van der Waals surface area contributed by atoms with Crippen molar-refractivity contribution >= 4 is 5.97 Å². The van der Waals surface area contributed by atoms with E-state index in [0.717, 1.165) is 37.7 Å². The van der Waals surface area contributed by atoms with E-state index < -0.39 is 36.8 Å². The second-order valence-corrected chi connectivity index (χ2v) is 16.7. The Hall–Kier alpha value is -1.29. The SMILES string of the molecule is CO[C@@H]1O[C@@H](C(O)C(C)(O)CO)C[C@H]1[C@@H]1CC=C2[C@]3(C)[C@H](O)C[C@H]4C(C)(C)[C@@H](OC(=O)C=C(C)C)CC[C@]4(C)[C@H]3CC[C@]21C. The molecule has 2 unspecified atom stereocenters. The Morgan fingerprint density at radius 3 is 2.43 bits per heavy atom. The van der Waals surface area contributed by atoms with Gasteiger partial charge in [-0.1, -0.05) is 51.8 Å². The Kier molecular flexibility index (Phi) is 8.86. The summed E-state index contributed by atoms with van der Waals surface area (Å²) < 4.78 is 18.1. The third-order valence-electron chi connectivity index (χ3n) is 13.6. The lowest BCUT2D eigenvalue weighted by atomic mass is 9.37. The number of esters is 1. The van der Waals surface area contributed by atoms with Crippen LogP contribution in [0.15, 0.2) is 23.3 Å². The molecule has 0 aromatic rings. The minimum atomic E-state index is -1.67. The highest BCUT2D eigenvalue weighted by Gasteiger charge is 2.69. The van der Waals surface area contributed by atoms with Gasteiger partial charge in [0.1, 0.15) is 17.8 Å². The molecule has 4 aliphatic carbocycles. The molecule has 5 rings (SSSR count). The molecular weight excluding hydrogens is 560 g/mol. The van der Waals surface area contributed by atoms with Crippen molar-refractivity contribution in [2.24, 2.45) is 45.3 Å². The summed E-state index contributed by atoms with van der Waals surface area (Å²) in [6.07, 6.45) is 6.68. The molecule has 13 atom stereocenters. The Bertz CT molecular complexity index is 1170. The van der Waals surface area contributed by atoms with Crippen LogP contribution in [0.5, 0.6) is 0 Å². The van der Waals surface area contributed by atoms with E-state index in [1.165, 1.54) is 12.5 Å². The third kappa shape index (κ3) is 5.05. The molecule has 44 heavy (non-hydrogen) atoms. The van der Waals surface area contributed by atoms with Gasteiger partial charge in [0, 0.05) is 29.9 Å². The number of aliphatic hydroxyl groups excluding tert-OH is 3. The summed E-state index contributed by atoms with van der Waals surface area (Å²) in [5, 5.41) is 43.3. The van der Waals surface area contributed by atoms with Crippen molar-refractivity contribution in [2.45, 2.75) is 137 Å². The molecule has 0 aromatic heterocycles. The van der Waals surface area contributed by atoms with Gasteiger partial charge in [0.25, 0.3) is 0 Å². The Morgan fingerprint density at radius 1 is 1.14 bits per heavy atom. The van der Waals surface area contributed by atoms with Crippen LogP contribution >= 0.6 is 0 Å². The zero-order valence-corrected chi connectivity index (χ0v) is 28.4. The van der Waals surface area contributed by atoms with Crippen molar-refractivity contribution in [3.05, 3.63) is 23.3 Å². The molecule has 0 spiro atoms. The minimum Gasteiger partial charge on any atom is -0.459 e. The quantitative estimate of drug-likeness (QED) is 0.180. The van der Waals surface area contributed by atoms with E-state index in [1.54, 1.807) is 13.2 Å². The number of fused-ring (bicyclic) bond motifs is 5. The van der Waals surface area contributed by atoms with Gasteiger partial charge in [0.2, 0.25) is 0 Å². The van der Waals surface area contributed by atoms with Crippen LogP contribution in [-0.2, 0) is 19.0 Å². The van der Waals surface area contributed by atoms with E-state index >= 15 is 0 Å². The highest BCUT2D eigenvalue weighted by atomic mass is 16.7. The molecule has 5 aliphatic rings. The summed E-state index contributed by atoms with van der Waals surface area (Å²) in [7, 11) is 1.63. The number of allylic oxidation sites excluding steroid dienone is 2. The van der Waals surface area contributed by atoms with Crippen molar-refractivity contribution in [1.82, 2.24) is 0 Å². The van der Waals surface area contributed by atoms with E-state index in [2.05, 4.69) is 40.7 Å². The van der Waals surface area contributed by atoms with Gasteiger partial charge >= 0.3 is 5.97 Å². The molecule has 4 N–H and O–H groups in total. The van der Waals surface area contributed by atoms with Crippen molar-refractivity contribution in [3.8, 4) is 0 Å². The second kappa shape index (κ2) is 11.4. The molecular formula is C36H58O8. The summed E-state index contributed by atoms with van der Waals surface area (Å²) >= 11 is 0. The smallest absolute Gasteiger partial charge is 0.330 e. The van der Waals surface area contributed by atoms with Crippen LogP contribution in [0.1, 0.15) is 100 Å². The molecule has 0 radical (unpaired) electrons. The average molecular weight is 619 g/mol. The summed E-state index contributed by atoms with van der Waals surface area (Å²) in [6.45, 7) is 16.2. The fourth-order valence-electron chi connectivity index (χ4n) is 11.2. The highest BCUT2D eigenvalue weighted by molar-refractivity contribution is 5.82. The molecule has 0 bridgehead atoms. The van der Waals surface area contributed by atoms with Gasteiger partial charge < -0.3 is 34.6 Å². The average Bonchev–Trinajstić information content (AvgIpc) is 3.52. The van der Waals surface area contributed by atoms with Gasteiger partial charge in [0.15, 0.2) is 6.29 Å². The van der Waals surface area contributed by atoms with Crippen LogP contribution in [0, 0.1) is 45.3 Å². The van der Waals surface area contributed by atoms with Gasteiger partial charge in [-0.15, -0.1) is 0 Å². The molecule has 1 saturated heterocycles. The highest BCUT2D eigenvalue weighted by Crippen LogP contribution is 2.73. The molecule has 0 aromatic carbocycles. The number of rotatable bonds is 7. The molecule has 0 amide bonds. The lowest BCUT2D eigenvalue weighted by molar-refractivity contribution is -0.220. The zero-order valence-electron chi connectivity index (χ0n) is 28.4. The first kappa shape index (κ1) is 34.1. The fourth-order valence-corrected chi connectivity index (χ4v) is 11.2. The summed E-state index contributed by atoms with van der Waals surface area (Å²) in [6, 6.07) is 0. The van der Waals surface area contributed by atoms with Crippen molar-refractivity contribution in [2.75, 3.05) is 13.7 Å². The molecule has 250 valence electrons. The predicted octanol–water partition coefficient (Wildman–Crippen LogP) is 4.92. The summed E-state index contributed by atoms with van der Waals surface area (Å²) in [5.41, 5.74) is -0.200. The predicted molar refractivity (Wildman–Crippen MR) is 167 cm³/mol. The Balaban J connectivity index is 1.40. The number of carbonyl (C=O) groups excluding carboxylic acids is 1. The fraction of sp³-hybridized carbons (Fsp3) is 0.861.